The smallest absolute Gasteiger partial charge is 0.254 e. The van der Waals surface area contributed by atoms with E-state index in [-0.39, 0.29) is 35.3 Å². The Hall–Kier alpha value is -1.15. The highest BCUT2D eigenvalue weighted by Gasteiger charge is 2.30. The monoisotopic (exact) mass is 415 g/mol. The van der Waals surface area contributed by atoms with E-state index in [1.165, 1.54) is 16.8 Å². The van der Waals surface area contributed by atoms with Crippen LogP contribution in [0.3, 0.4) is 0 Å². The van der Waals surface area contributed by atoms with Crippen LogP contribution in [0, 0.1) is 0 Å². The normalized spacial score (nSPS) is 21.7. The van der Waals surface area contributed by atoms with E-state index in [9.17, 15) is 13.2 Å². The molecule has 1 atom stereocenters. The highest BCUT2D eigenvalue weighted by atomic mass is 35.5. The van der Waals surface area contributed by atoms with Gasteiger partial charge < -0.3 is 10.2 Å². The first-order chi connectivity index (χ1) is 12.4. The van der Waals surface area contributed by atoms with Gasteiger partial charge in [0.15, 0.2) is 0 Å². The van der Waals surface area contributed by atoms with Gasteiger partial charge in [-0.15, -0.1) is 12.4 Å². The molecule has 0 bridgehead atoms. The number of benzene rings is 1. The van der Waals surface area contributed by atoms with Crippen molar-refractivity contribution >= 4 is 28.3 Å². The molecule has 1 N–H and O–H groups in total. The number of sulfonamides is 1. The molecule has 1 saturated heterocycles. The van der Waals surface area contributed by atoms with Crippen LogP contribution < -0.4 is 5.32 Å². The maximum absolute atomic E-state index is 13.0. The van der Waals surface area contributed by atoms with E-state index in [1.807, 2.05) is 11.8 Å². The Balaban J connectivity index is 0.00000261. The Bertz CT molecular complexity index is 750. The Kier molecular flexibility index (Phi) is 7.68. The SMILES string of the molecule is C[C@H]1CNCCN1C(=O)c1cccc(S(=O)(=O)N(C)C2CCCCC2)c1.Cl. The third-order valence-corrected chi connectivity index (χ3v) is 7.52. The summed E-state index contributed by atoms with van der Waals surface area (Å²) in [6.07, 6.45) is 5.14. The van der Waals surface area contributed by atoms with Crippen LogP contribution in [0.4, 0.5) is 0 Å². The quantitative estimate of drug-likeness (QED) is 0.820. The average molecular weight is 416 g/mol. The van der Waals surface area contributed by atoms with Crippen molar-refractivity contribution in [2.75, 3.05) is 26.7 Å². The lowest BCUT2D eigenvalue weighted by molar-refractivity contribution is 0.0655. The Morgan fingerprint density at radius 3 is 2.59 bits per heavy atom. The van der Waals surface area contributed by atoms with Crippen LogP contribution >= 0.6 is 12.4 Å². The molecule has 1 aromatic rings. The van der Waals surface area contributed by atoms with Crippen molar-refractivity contribution in [3.8, 4) is 0 Å². The molecule has 152 valence electrons. The number of carbonyl (C=O) groups is 1. The van der Waals surface area contributed by atoms with E-state index >= 15 is 0 Å². The molecular weight excluding hydrogens is 386 g/mol. The van der Waals surface area contributed by atoms with Gasteiger partial charge in [-0.3, -0.25) is 4.79 Å². The molecule has 1 amide bonds. The summed E-state index contributed by atoms with van der Waals surface area (Å²) < 4.78 is 27.6. The Morgan fingerprint density at radius 2 is 1.93 bits per heavy atom. The summed E-state index contributed by atoms with van der Waals surface area (Å²) in [5.74, 6) is -0.101. The van der Waals surface area contributed by atoms with Crippen LogP contribution in [0.15, 0.2) is 29.2 Å². The van der Waals surface area contributed by atoms with Crippen molar-refractivity contribution in [1.82, 2.24) is 14.5 Å². The number of amides is 1. The van der Waals surface area contributed by atoms with Gasteiger partial charge in [-0.05, 0) is 38.0 Å². The van der Waals surface area contributed by atoms with E-state index in [2.05, 4.69) is 5.32 Å². The van der Waals surface area contributed by atoms with Gasteiger partial charge in [0.25, 0.3) is 5.91 Å². The van der Waals surface area contributed by atoms with Crippen molar-refractivity contribution in [3.63, 3.8) is 0 Å². The third-order valence-electron chi connectivity index (χ3n) is 5.61. The Labute approximate surface area is 168 Å². The number of carbonyl (C=O) groups excluding carboxylic acids is 1. The van der Waals surface area contributed by atoms with Crippen molar-refractivity contribution in [2.24, 2.45) is 0 Å². The highest BCUT2D eigenvalue weighted by Crippen LogP contribution is 2.27. The summed E-state index contributed by atoms with van der Waals surface area (Å²) in [6.45, 7) is 4.16. The molecule has 3 rings (SSSR count). The number of hydrogen-bond donors (Lipinski definition) is 1. The number of halogens is 1. The molecule has 0 unspecified atom stereocenters. The van der Waals surface area contributed by atoms with Gasteiger partial charge in [0.2, 0.25) is 10.0 Å². The molecule has 0 radical (unpaired) electrons. The minimum atomic E-state index is -3.59. The fourth-order valence-corrected chi connectivity index (χ4v) is 5.37. The van der Waals surface area contributed by atoms with Crippen LogP contribution in [-0.2, 0) is 10.0 Å². The summed E-state index contributed by atoms with van der Waals surface area (Å²) >= 11 is 0. The number of piperazine rings is 1. The zero-order chi connectivity index (χ0) is 18.7. The summed E-state index contributed by atoms with van der Waals surface area (Å²) in [4.78, 5) is 14.9. The van der Waals surface area contributed by atoms with Crippen molar-refractivity contribution in [1.29, 1.82) is 0 Å². The van der Waals surface area contributed by atoms with Gasteiger partial charge in [0.05, 0.1) is 4.90 Å². The molecule has 1 aromatic carbocycles. The summed E-state index contributed by atoms with van der Waals surface area (Å²) in [5, 5.41) is 3.26. The number of rotatable bonds is 4. The first-order valence-electron chi connectivity index (χ1n) is 9.51. The molecule has 27 heavy (non-hydrogen) atoms. The minimum Gasteiger partial charge on any atom is -0.333 e. The molecule has 6 nitrogen and oxygen atoms in total. The van der Waals surface area contributed by atoms with E-state index in [0.717, 1.165) is 38.8 Å². The molecule has 0 spiro atoms. The summed E-state index contributed by atoms with van der Waals surface area (Å²) in [5.41, 5.74) is 0.442. The van der Waals surface area contributed by atoms with E-state index in [4.69, 9.17) is 0 Å². The van der Waals surface area contributed by atoms with E-state index < -0.39 is 10.0 Å². The standard InChI is InChI=1S/C19H29N3O3S.ClH/c1-15-14-20-11-12-22(15)19(23)16-7-6-10-18(13-16)26(24,25)21(2)17-8-4-3-5-9-17;/h6-7,10,13,15,17,20H,3-5,8-9,11-12,14H2,1-2H3;1H/t15-;/m0./s1. The van der Waals surface area contributed by atoms with E-state index in [0.29, 0.717) is 12.1 Å². The van der Waals surface area contributed by atoms with E-state index in [1.54, 1.807) is 25.2 Å². The predicted octanol–water partition coefficient (Wildman–Crippen LogP) is 2.50. The average Bonchev–Trinajstić information content (AvgIpc) is 2.68. The fourth-order valence-electron chi connectivity index (χ4n) is 3.91. The van der Waals surface area contributed by atoms with Crippen LogP contribution in [0.2, 0.25) is 0 Å². The molecule has 1 aliphatic carbocycles. The topological polar surface area (TPSA) is 69.7 Å². The molecule has 1 aliphatic heterocycles. The van der Waals surface area contributed by atoms with Crippen LogP contribution in [0.25, 0.3) is 0 Å². The number of hydrogen-bond acceptors (Lipinski definition) is 4. The van der Waals surface area contributed by atoms with Gasteiger partial charge >= 0.3 is 0 Å². The molecule has 0 aromatic heterocycles. The molecule has 2 aliphatic rings. The van der Waals surface area contributed by atoms with Gasteiger partial charge in [0, 0.05) is 44.3 Å². The number of nitrogens with zero attached hydrogens (tertiary/aromatic N) is 2. The van der Waals surface area contributed by atoms with Gasteiger partial charge in [0.1, 0.15) is 0 Å². The molecule has 1 heterocycles. The third kappa shape index (κ3) is 4.83. The van der Waals surface area contributed by atoms with Crippen LogP contribution in [-0.4, -0.2) is 62.3 Å². The molecule has 1 saturated carbocycles. The first kappa shape index (κ1) is 22.1. The fraction of sp³-hybridized carbons (Fsp3) is 0.632. The zero-order valence-corrected chi connectivity index (χ0v) is 17.7. The van der Waals surface area contributed by atoms with Crippen molar-refractivity contribution < 1.29 is 13.2 Å². The number of nitrogens with one attached hydrogen (secondary N) is 1. The van der Waals surface area contributed by atoms with Gasteiger partial charge in [-0.2, -0.15) is 4.31 Å². The van der Waals surface area contributed by atoms with Crippen LogP contribution in [0.1, 0.15) is 49.4 Å². The molecule has 8 heteroatoms. The van der Waals surface area contributed by atoms with Crippen molar-refractivity contribution in [2.45, 2.75) is 56.0 Å². The largest absolute Gasteiger partial charge is 0.333 e. The van der Waals surface area contributed by atoms with Gasteiger partial charge in [-0.25, -0.2) is 8.42 Å². The summed E-state index contributed by atoms with van der Waals surface area (Å²) in [6, 6.07) is 6.65. The lowest BCUT2D eigenvalue weighted by Gasteiger charge is -2.34. The second-order valence-corrected chi connectivity index (χ2v) is 9.39. The van der Waals surface area contributed by atoms with Crippen LogP contribution in [0.5, 0.6) is 0 Å². The molecule has 2 fully saturated rings. The first-order valence-corrected chi connectivity index (χ1v) is 10.9. The maximum atomic E-state index is 13.0. The molecular formula is C19H30ClN3O3S. The maximum Gasteiger partial charge on any atom is 0.254 e. The Morgan fingerprint density at radius 1 is 1.22 bits per heavy atom. The second-order valence-electron chi connectivity index (χ2n) is 7.39. The zero-order valence-electron chi connectivity index (χ0n) is 16.1. The summed E-state index contributed by atoms with van der Waals surface area (Å²) in [7, 11) is -1.92. The lowest BCUT2D eigenvalue weighted by atomic mass is 9.96. The predicted molar refractivity (Wildman–Crippen MR) is 109 cm³/mol. The minimum absolute atomic E-state index is 0. The second kappa shape index (κ2) is 9.37. The highest BCUT2D eigenvalue weighted by molar-refractivity contribution is 7.89. The van der Waals surface area contributed by atoms with Gasteiger partial charge in [-0.1, -0.05) is 25.3 Å². The lowest BCUT2D eigenvalue weighted by Crippen LogP contribution is -2.52. The van der Waals surface area contributed by atoms with Crippen molar-refractivity contribution in [3.05, 3.63) is 29.8 Å².